The number of nitrogens with zero attached hydrogens (tertiary/aromatic N) is 2. The number of amides is 3. The molecule has 2 aromatic heterocycles. The highest BCUT2D eigenvalue weighted by atomic mass is 35.5. The summed E-state index contributed by atoms with van der Waals surface area (Å²) in [5, 5.41) is 15.2. The number of benzene rings is 1. The van der Waals surface area contributed by atoms with Crippen molar-refractivity contribution in [3.8, 4) is 0 Å². The number of urea groups is 1. The molecular weight excluding hydrogens is 461 g/mol. The average Bonchev–Trinajstić information content (AvgIpc) is 3.32. The van der Waals surface area contributed by atoms with Crippen LogP contribution in [0.1, 0.15) is 41.1 Å². The van der Waals surface area contributed by atoms with Gasteiger partial charge in [0.2, 0.25) is 5.91 Å². The van der Waals surface area contributed by atoms with Crippen LogP contribution < -0.4 is 16.0 Å². The van der Waals surface area contributed by atoms with Gasteiger partial charge in [-0.15, -0.1) is 11.3 Å². The lowest BCUT2D eigenvalue weighted by atomic mass is 9.99. The lowest BCUT2D eigenvalue weighted by Crippen LogP contribution is -2.29. The minimum Gasteiger partial charge on any atom is -0.361 e. The second-order valence-corrected chi connectivity index (χ2v) is 8.55. The zero-order chi connectivity index (χ0) is 22.5. The molecule has 0 fully saturated rings. The number of rotatable bonds is 7. The van der Waals surface area contributed by atoms with E-state index in [9.17, 15) is 9.59 Å². The van der Waals surface area contributed by atoms with Gasteiger partial charge in [-0.25, -0.2) is 9.78 Å². The van der Waals surface area contributed by atoms with Crippen molar-refractivity contribution in [3.05, 3.63) is 61.9 Å². The fraction of sp³-hybridized carbons (Fsp3) is 0.300. The van der Waals surface area contributed by atoms with Crippen LogP contribution in [-0.4, -0.2) is 22.1 Å². The van der Waals surface area contributed by atoms with E-state index in [0.717, 1.165) is 11.1 Å². The molecule has 164 valence electrons. The van der Waals surface area contributed by atoms with Gasteiger partial charge in [0.25, 0.3) is 0 Å². The number of hydrogen-bond acceptors (Lipinski definition) is 6. The summed E-state index contributed by atoms with van der Waals surface area (Å²) < 4.78 is 5.13. The molecule has 0 radical (unpaired) electrons. The fourth-order valence-electron chi connectivity index (χ4n) is 2.99. The predicted molar refractivity (Wildman–Crippen MR) is 121 cm³/mol. The smallest absolute Gasteiger partial charge is 0.321 e. The first kappa shape index (κ1) is 23.1. The Hall–Kier alpha value is -2.62. The molecule has 11 heteroatoms. The highest BCUT2D eigenvalue weighted by Crippen LogP contribution is 2.24. The summed E-state index contributed by atoms with van der Waals surface area (Å²) in [7, 11) is 0. The molecular formula is C20H21Cl2N5O3S. The van der Waals surface area contributed by atoms with Crippen LogP contribution in [0.15, 0.2) is 28.1 Å². The van der Waals surface area contributed by atoms with Gasteiger partial charge in [-0.2, -0.15) is 0 Å². The lowest BCUT2D eigenvalue weighted by molar-refractivity contribution is -0.122. The minimum absolute atomic E-state index is 0.156. The minimum atomic E-state index is -0.400. The topological polar surface area (TPSA) is 109 Å². The number of anilines is 1. The number of thiazole rings is 1. The Kier molecular flexibility index (Phi) is 7.53. The van der Waals surface area contributed by atoms with E-state index < -0.39 is 11.9 Å². The third kappa shape index (κ3) is 5.96. The third-order valence-corrected chi connectivity index (χ3v) is 6.11. The van der Waals surface area contributed by atoms with Crippen LogP contribution in [0.4, 0.5) is 9.93 Å². The Bertz CT molecular complexity index is 1080. The summed E-state index contributed by atoms with van der Waals surface area (Å²) >= 11 is 13.1. The maximum absolute atomic E-state index is 12.5. The number of aryl methyl sites for hydroxylation is 2. The number of hydrogen-bond donors (Lipinski definition) is 3. The van der Waals surface area contributed by atoms with Crippen LogP contribution in [0.5, 0.6) is 0 Å². The quantitative estimate of drug-likeness (QED) is 0.449. The standard InChI is InChI=1S/C20H21Cl2N5O3S/c1-10(17-11(2)27-30-12(17)3)18(28)23-8-14-9-31-20(25-14)26-19(29)24-7-13-4-5-15(21)16(22)6-13/h4-6,9-10H,7-8H2,1-3H3,(H,23,28)(H2,24,25,26,29). The summed E-state index contributed by atoms with van der Waals surface area (Å²) in [4.78, 5) is 28.9. The molecule has 0 saturated heterocycles. The average molecular weight is 482 g/mol. The van der Waals surface area contributed by atoms with Crippen molar-refractivity contribution in [2.75, 3.05) is 5.32 Å². The number of aromatic nitrogens is 2. The molecule has 3 amide bonds. The highest BCUT2D eigenvalue weighted by molar-refractivity contribution is 7.13. The van der Waals surface area contributed by atoms with Crippen LogP contribution >= 0.6 is 34.5 Å². The number of halogens is 2. The van der Waals surface area contributed by atoms with Crippen LogP contribution in [0.25, 0.3) is 0 Å². The van der Waals surface area contributed by atoms with Gasteiger partial charge in [-0.05, 0) is 38.5 Å². The molecule has 0 aliphatic rings. The summed E-state index contributed by atoms with van der Waals surface area (Å²) in [5.41, 5.74) is 2.95. The van der Waals surface area contributed by atoms with Crippen molar-refractivity contribution in [2.45, 2.75) is 39.8 Å². The molecule has 1 atom stereocenters. The van der Waals surface area contributed by atoms with Crippen molar-refractivity contribution in [1.82, 2.24) is 20.8 Å². The van der Waals surface area contributed by atoms with Gasteiger partial charge in [0, 0.05) is 17.5 Å². The molecule has 0 aliphatic heterocycles. The second kappa shape index (κ2) is 10.1. The van der Waals surface area contributed by atoms with E-state index in [1.165, 1.54) is 11.3 Å². The number of nitrogens with one attached hydrogen (secondary N) is 3. The SMILES string of the molecule is Cc1noc(C)c1C(C)C(=O)NCc1csc(NC(=O)NCc2ccc(Cl)c(Cl)c2)n1. The molecule has 0 saturated carbocycles. The fourth-order valence-corrected chi connectivity index (χ4v) is 4.01. The Labute approximate surface area is 193 Å². The largest absolute Gasteiger partial charge is 0.361 e. The normalized spacial score (nSPS) is 11.8. The first-order valence-corrected chi connectivity index (χ1v) is 11.0. The summed E-state index contributed by atoms with van der Waals surface area (Å²) in [5.74, 6) is 0.0816. The first-order valence-electron chi connectivity index (χ1n) is 9.38. The monoisotopic (exact) mass is 481 g/mol. The van der Waals surface area contributed by atoms with Gasteiger partial charge in [0.05, 0.1) is 33.9 Å². The Balaban J connectivity index is 1.48. The van der Waals surface area contributed by atoms with Gasteiger partial charge < -0.3 is 15.2 Å². The van der Waals surface area contributed by atoms with E-state index in [2.05, 4.69) is 26.1 Å². The van der Waals surface area contributed by atoms with Crippen molar-refractivity contribution in [1.29, 1.82) is 0 Å². The van der Waals surface area contributed by atoms with E-state index in [-0.39, 0.29) is 19.0 Å². The second-order valence-electron chi connectivity index (χ2n) is 6.88. The molecule has 8 nitrogen and oxygen atoms in total. The van der Waals surface area contributed by atoms with E-state index >= 15 is 0 Å². The van der Waals surface area contributed by atoms with Gasteiger partial charge >= 0.3 is 6.03 Å². The molecule has 3 rings (SSSR count). The molecule has 3 aromatic rings. The van der Waals surface area contributed by atoms with Crippen LogP contribution in [-0.2, 0) is 17.9 Å². The highest BCUT2D eigenvalue weighted by Gasteiger charge is 2.22. The van der Waals surface area contributed by atoms with Gasteiger partial charge in [0.15, 0.2) is 5.13 Å². The predicted octanol–water partition coefficient (Wildman–Crippen LogP) is 4.80. The number of carbonyl (C=O) groups is 2. The molecule has 0 spiro atoms. The van der Waals surface area contributed by atoms with Gasteiger partial charge in [-0.1, -0.05) is 34.4 Å². The van der Waals surface area contributed by atoms with E-state index in [1.54, 1.807) is 44.4 Å². The Morgan fingerprint density at radius 3 is 2.61 bits per heavy atom. The van der Waals surface area contributed by atoms with Crippen LogP contribution in [0.2, 0.25) is 10.0 Å². The lowest BCUT2D eigenvalue weighted by Gasteiger charge is -2.11. The van der Waals surface area contributed by atoms with Crippen LogP contribution in [0, 0.1) is 13.8 Å². The Morgan fingerprint density at radius 2 is 1.94 bits per heavy atom. The first-order chi connectivity index (χ1) is 14.7. The van der Waals surface area contributed by atoms with Crippen molar-refractivity contribution < 1.29 is 14.1 Å². The van der Waals surface area contributed by atoms with E-state index in [4.69, 9.17) is 27.7 Å². The van der Waals surface area contributed by atoms with Gasteiger partial charge in [0.1, 0.15) is 5.76 Å². The maximum atomic E-state index is 12.5. The van der Waals surface area contributed by atoms with Crippen molar-refractivity contribution >= 4 is 51.6 Å². The number of carbonyl (C=O) groups excluding carboxylic acids is 2. The molecule has 2 heterocycles. The van der Waals surface area contributed by atoms with Crippen LogP contribution in [0.3, 0.4) is 0 Å². The summed E-state index contributed by atoms with van der Waals surface area (Å²) in [6, 6.07) is 4.75. The van der Waals surface area contributed by atoms with Crippen molar-refractivity contribution in [3.63, 3.8) is 0 Å². The molecule has 1 aromatic carbocycles. The van der Waals surface area contributed by atoms with E-state index in [0.29, 0.717) is 32.3 Å². The molecule has 3 N–H and O–H groups in total. The maximum Gasteiger partial charge on any atom is 0.321 e. The molecule has 0 aliphatic carbocycles. The summed E-state index contributed by atoms with van der Waals surface area (Å²) in [6.07, 6.45) is 0. The zero-order valence-electron chi connectivity index (χ0n) is 17.1. The summed E-state index contributed by atoms with van der Waals surface area (Å²) in [6.45, 7) is 5.92. The van der Waals surface area contributed by atoms with Gasteiger partial charge in [-0.3, -0.25) is 10.1 Å². The molecule has 31 heavy (non-hydrogen) atoms. The van der Waals surface area contributed by atoms with E-state index in [1.807, 2.05) is 0 Å². The Morgan fingerprint density at radius 1 is 1.16 bits per heavy atom. The molecule has 1 unspecified atom stereocenters. The van der Waals surface area contributed by atoms with Crippen molar-refractivity contribution in [2.24, 2.45) is 0 Å². The molecule has 0 bridgehead atoms. The zero-order valence-corrected chi connectivity index (χ0v) is 19.4. The third-order valence-electron chi connectivity index (χ3n) is 4.57.